The molecule has 3 rings (SSSR count). The van der Waals surface area contributed by atoms with Gasteiger partial charge in [-0.1, -0.05) is 19.9 Å². The lowest BCUT2D eigenvalue weighted by Gasteiger charge is -2.19. The molecular formula is C17H23FN4O. The number of aromatic nitrogens is 3. The van der Waals surface area contributed by atoms with Gasteiger partial charge in [0.15, 0.2) is 5.82 Å². The molecule has 0 amide bonds. The molecule has 1 fully saturated rings. The lowest BCUT2D eigenvalue weighted by molar-refractivity contribution is 0.406. The Labute approximate surface area is 135 Å². The molecule has 0 aliphatic heterocycles. The van der Waals surface area contributed by atoms with Gasteiger partial charge in [0.05, 0.1) is 13.7 Å². The molecule has 2 N–H and O–H groups in total. The van der Waals surface area contributed by atoms with Crippen molar-refractivity contribution >= 4 is 0 Å². The van der Waals surface area contributed by atoms with Crippen molar-refractivity contribution in [3.63, 3.8) is 0 Å². The van der Waals surface area contributed by atoms with Crippen LogP contribution in [-0.4, -0.2) is 22.3 Å². The predicted molar refractivity (Wildman–Crippen MR) is 85.7 cm³/mol. The van der Waals surface area contributed by atoms with Gasteiger partial charge in [0.25, 0.3) is 0 Å². The van der Waals surface area contributed by atoms with E-state index in [0.717, 1.165) is 24.5 Å². The zero-order valence-electron chi connectivity index (χ0n) is 13.8. The maximum absolute atomic E-state index is 14.4. The average molecular weight is 318 g/mol. The van der Waals surface area contributed by atoms with E-state index in [1.807, 2.05) is 6.07 Å². The smallest absolute Gasteiger partial charge is 0.153 e. The quantitative estimate of drug-likeness (QED) is 0.822. The highest BCUT2D eigenvalue weighted by atomic mass is 19.1. The van der Waals surface area contributed by atoms with E-state index in [1.54, 1.807) is 13.2 Å². The van der Waals surface area contributed by atoms with Crippen LogP contribution in [0.3, 0.4) is 0 Å². The number of nitrogens with one attached hydrogen (secondary N) is 2. The number of ether oxygens (including phenoxy) is 1. The average Bonchev–Trinajstić information content (AvgIpc) is 3.25. The number of H-pyrrole nitrogens is 1. The fraction of sp³-hybridized carbons (Fsp3) is 0.529. The summed E-state index contributed by atoms with van der Waals surface area (Å²) in [6, 6.07) is 5.05. The molecule has 0 saturated heterocycles. The zero-order valence-corrected chi connectivity index (χ0v) is 13.8. The monoisotopic (exact) mass is 318 g/mol. The van der Waals surface area contributed by atoms with Crippen LogP contribution in [0.15, 0.2) is 18.2 Å². The predicted octanol–water partition coefficient (Wildman–Crippen LogP) is 3.32. The topological polar surface area (TPSA) is 62.8 Å². The lowest BCUT2D eigenvalue weighted by atomic mass is 10.0. The van der Waals surface area contributed by atoms with E-state index in [2.05, 4.69) is 34.3 Å². The molecule has 5 nitrogen and oxygen atoms in total. The third-order valence-corrected chi connectivity index (χ3v) is 4.19. The molecule has 1 heterocycles. The standard InChI is InChI=1S/C17H23FN4O/c1-10(2)17-20-15(21-22-17)9-19-16(11-4-5-11)13-7-6-12(23-3)8-14(13)18/h6-8,10-11,16,19H,4-5,9H2,1-3H3,(H,20,21,22)/t16-/m0/s1. The van der Waals surface area contributed by atoms with Crippen LogP contribution in [0, 0.1) is 11.7 Å². The van der Waals surface area contributed by atoms with E-state index >= 15 is 0 Å². The van der Waals surface area contributed by atoms with Crippen LogP contribution in [0.5, 0.6) is 5.75 Å². The Bertz CT molecular complexity index is 666. The Morgan fingerprint density at radius 2 is 2.17 bits per heavy atom. The van der Waals surface area contributed by atoms with Crippen molar-refractivity contribution in [1.82, 2.24) is 20.5 Å². The van der Waals surface area contributed by atoms with Crippen molar-refractivity contribution in [2.45, 2.75) is 45.2 Å². The van der Waals surface area contributed by atoms with Gasteiger partial charge in [0, 0.05) is 23.6 Å². The van der Waals surface area contributed by atoms with Crippen LogP contribution >= 0.6 is 0 Å². The molecule has 1 aliphatic carbocycles. The molecule has 2 aromatic rings. The second-order valence-corrected chi connectivity index (χ2v) is 6.38. The zero-order chi connectivity index (χ0) is 16.4. The molecular weight excluding hydrogens is 295 g/mol. The molecule has 6 heteroatoms. The molecule has 1 aliphatic rings. The maximum atomic E-state index is 14.4. The number of hydrogen-bond donors (Lipinski definition) is 2. The van der Waals surface area contributed by atoms with Gasteiger partial charge in [-0.2, -0.15) is 5.10 Å². The van der Waals surface area contributed by atoms with E-state index < -0.39 is 0 Å². The van der Waals surface area contributed by atoms with Crippen LogP contribution < -0.4 is 10.1 Å². The van der Waals surface area contributed by atoms with Gasteiger partial charge in [-0.15, -0.1) is 0 Å². The summed E-state index contributed by atoms with van der Waals surface area (Å²) < 4.78 is 19.4. The first-order valence-corrected chi connectivity index (χ1v) is 8.06. The van der Waals surface area contributed by atoms with Crippen molar-refractivity contribution < 1.29 is 9.13 Å². The third-order valence-electron chi connectivity index (χ3n) is 4.19. The van der Waals surface area contributed by atoms with E-state index in [9.17, 15) is 4.39 Å². The summed E-state index contributed by atoms with van der Waals surface area (Å²) in [6.45, 7) is 4.66. The molecule has 1 atom stereocenters. The van der Waals surface area contributed by atoms with E-state index in [-0.39, 0.29) is 11.9 Å². The molecule has 0 radical (unpaired) electrons. The number of halogens is 1. The normalized spacial score (nSPS) is 15.9. The molecule has 0 bridgehead atoms. The summed E-state index contributed by atoms with van der Waals surface area (Å²) in [4.78, 5) is 4.46. The summed E-state index contributed by atoms with van der Waals surface area (Å²) in [5.74, 6) is 2.67. The molecule has 1 aromatic heterocycles. The van der Waals surface area contributed by atoms with Gasteiger partial charge in [0.2, 0.25) is 0 Å². The molecule has 0 unspecified atom stereocenters. The fourth-order valence-corrected chi connectivity index (χ4v) is 2.70. The summed E-state index contributed by atoms with van der Waals surface area (Å²) in [5.41, 5.74) is 0.692. The maximum Gasteiger partial charge on any atom is 0.153 e. The minimum absolute atomic E-state index is 0.00601. The second kappa shape index (κ2) is 6.66. The van der Waals surface area contributed by atoms with Gasteiger partial charge in [-0.05, 0) is 24.8 Å². The van der Waals surface area contributed by atoms with E-state index in [4.69, 9.17) is 4.74 Å². The minimum atomic E-state index is -0.228. The van der Waals surface area contributed by atoms with Gasteiger partial charge in [0.1, 0.15) is 17.4 Å². The largest absolute Gasteiger partial charge is 0.497 e. The molecule has 0 spiro atoms. The summed E-state index contributed by atoms with van der Waals surface area (Å²) >= 11 is 0. The summed E-state index contributed by atoms with van der Waals surface area (Å²) in [5, 5.41) is 10.6. The van der Waals surface area contributed by atoms with Crippen LogP contribution in [-0.2, 0) is 6.54 Å². The lowest BCUT2D eigenvalue weighted by Crippen LogP contribution is -2.24. The molecule has 1 aromatic carbocycles. The van der Waals surface area contributed by atoms with Crippen molar-refractivity contribution in [2.24, 2.45) is 5.92 Å². The second-order valence-electron chi connectivity index (χ2n) is 6.38. The number of hydrogen-bond acceptors (Lipinski definition) is 4. The third kappa shape index (κ3) is 3.69. The highest BCUT2D eigenvalue weighted by Crippen LogP contribution is 2.42. The Balaban J connectivity index is 1.72. The van der Waals surface area contributed by atoms with Crippen molar-refractivity contribution in [2.75, 3.05) is 7.11 Å². The van der Waals surface area contributed by atoms with Gasteiger partial charge in [-0.3, -0.25) is 5.10 Å². The highest BCUT2D eigenvalue weighted by molar-refractivity contribution is 5.31. The fourth-order valence-electron chi connectivity index (χ4n) is 2.70. The number of rotatable bonds is 7. The van der Waals surface area contributed by atoms with E-state index in [0.29, 0.717) is 29.7 Å². The number of aromatic amines is 1. The van der Waals surface area contributed by atoms with Gasteiger partial charge >= 0.3 is 0 Å². The Hall–Kier alpha value is -1.95. The Kier molecular flexibility index (Phi) is 4.61. The van der Waals surface area contributed by atoms with E-state index in [1.165, 1.54) is 6.07 Å². The summed E-state index contributed by atoms with van der Waals surface area (Å²) in [6.07, 6.45) is 2.24. The first-order chi connectivity index (χ1) is 11.1. The van der Waals surface area contributed by atoms with Crippen molar-refractivity contribution in [1.29, 1.82) is 0 Å². The first-order valence-electron chi connectivity index (χ1n) is 8.06. The van der Waals surface area contributed by atoms with Crippen molar-refractivity contribution in [3.05, 3.63) is 41.2 Å². The number of nitrogens with zero attached hydrogens (tertiary/aromatic N) is 2. The highest BCUT2D eigenvalue weighted by Gasteiger charge is 2.33. The molecule has 23 heavy (non-hydrogen) atoms. The SMILES string of the molecule is COc1ccc([C@@H](NCc2nc(C(C)C)n[nH]2)C2CC2)c(F)c1. The first kappa shape index (κ1) is 15.9. The number of methoxy groups -OCH3 is 1. The Morgan fingerprint density at radius 1 is 1.39 bits per heavy atom. The summed E-state index contributed by atoms with van der Waals surface area (Å²) in [7, 11) is 1.54. The molecule has 1 saturated carbocycles. The van der Waals surface area contributed by atoms with Crippen LogP contribution in [0.2, 0.25) is 0 Å². The van der Waals surface area contributed by atoms with Crippen LogP contribution in [0.1, 0.15) is 55.9 Å². The van der Waals surface area contributed by atoms with Gasteiger partial charge in [-0.25, -0.2) is 9.37 Å². The van der Waals surface area contributed by atoms with Crippen LogP contribution in [0.25, 0.3) is 0 Å². The molecule has 124 valence electrons. The van der Waals surface area contributed by atoms with Crippen molar-refractivity contribution in [3.8, 4) is 5.75 Å². The van der Waals surface area contributed by atoms with Crippen LogP contribution in [0.4, 0.5) is 4.39 Å². The number of benzene rings is 1. The van der Waals surface area contributed by atoms with Gasteiger partial charge < -0.3 is 10.1 Å². The minimum Gasteiger partial charge on any atom is -0.497 e. The Morgan fingerprint density at radius 3 is 2.74 bits per heavy atom.